The van der Waals surface area contributed by atoms with E-state index >= 15 is 0 Å². The average molecular weight is 274 g/mol. The molecule has 0 bridgehead atoms. The predicted octanol–water partition coefficient (Wildman–Crippen LogP) is 3.59. The van der Waals surface area contributed by atoms with Crippen molar-refractivity contribution in [1.82, 2.24) is 0 Å². The zero-order valence-corrected chi connectivity index (χ0v) is 7.74. The van der Waals surface area contributed by atoms with E-state index in [1.807, 2.05) is 22.6 Å². The number of rotatable bonds is 0. The maximum absolute atomic E-state index is 12.0. The van der Waals surface area contributed by atoms with E-state index in [4.69, 9.17) is 0 Å². The van der Waals surface area contributed by atoms with Crippen molar-refractivity contribution in [2.24, 2.45) is 0 Å². The normalized spacial score (nSPS) is 19.3. The second-order valence-electron chi connectivity index (χ2n) is 2.30. The zero-order chi connectivity index (χ0) is 8.48. The van der Waals surface area contributed by atoms with Crippen LogP contribution >= 0.6 is 22.6 Å². The van der Waals surface area contributed by atoms with Gasteiger partial charge < -0.3 is 0 Å². The molecule has 0 aromatic carbocycles. The highest BCUT2D eigenvalue weighted by Gasteiger charge is 2.33. The molecular formula is C7H6F3I. The van der Waals surface area contributed by atoms with Gasteiger partial charge in [-0.15, -0.1) is 0 Å². The molecular weight excluding hydrogens is 268 g/mol. The number of allylic oxidation sites excluding steroid dienone is 4. The second-order valence-corrected chi connectivity index (χ2v) is 3.69. The molecule has 0 N–H and O–H groups in total. The number of alkyl halides is 3. The van der Waals surface area contributed by atoms with Crippen LogP contribution in [0.2, 0.25) is 0 Å². The molecule has 0 fully saturated rings. The van der Waals surface area contributed by atoms with Crippen LogP contribution in [0.5, 0.6) is 0 Å². The molecule has 0 spiro atoms. The minimum Gasteiger partial charge on any atom is -0.166 e. The smallest absolute Gasteiger partial charge is 0.166 e. The van der Waals surface area contributed by atoms with Gasteiger partial charge in [0.1, 0.15) is 0 Å². The van der Waals surface area contributed by atoms with Crippen LogP contribution in [-0.4, -0.2) is 6.18 Å². The monoisotopic (exact) mass is 274 g/mol. The summed E-state index contributed by atoms with van der Waals surface area (Å²) in [6, 6.07) is 0. The topological polar surface area (TPSA) is 0 Å². The number of hydrogen-bond donors (Lipinski definition) is 0. The summed E-state index contributed by atoms with van der Waals surface area (Å²) >= 11 is 2.04. The molecule has 0 amide bonds. The van der Waals surface area contributed by atoms with Gasteiger partial charge in [0.15, 0.2) is 0 Å². The van der Waals surface area contributed by atoms with Gasteiger partial charge in [0.05, 0.1) is 0 Å². The lowest BCUT2D eigenvalue weighted by Gasteiger charge is -2.13. The Morgan fingerprint density at radius 3 is 2.18 bits per heavy atom. The van der Waals surface area contributed by atoms with Crippen molar-refractivity contribution in [1.29, 1.82) is 0 Å². The Bertz CT molecular complexity index is 212. The average Bonchev–Trinajstić information content (AvgIpc) is 1.86. The van der Waals surface area contributed by atoms with Crippen LogP contribution in [0.15, 0.2) is 21.3 Å². The fourth-order valence-corrected chi connectivity index (χ4v) is 1.30. The van der Waals surface area contributed by atoms with Gasteiger partial charge in [0, 0.05) is 5.57 Å². The van der Waals surface area contributed by atoms with E-state index in [1.165, 1.54) is 6.08 Å². The number of halogens is 4. The highest BCUT2D eigenvalue weighted by Crippen LogP contribution is 2.34. The molecule has 0 aromatic rings. The van der Waals surface area contributed by atoms with Gasteiger partial charge in [-0.05, 0) is 39.0 Å². The van der Waals surface area contributed by atoms with Crippen molar-refractivity contribution in [3.05, 3.63) is 21.3 Å². The first-order chi connectivity index (χ1) is 5.00. The van der Waals surface area contributed by atoms with E-state index in [2.05, 4.69) is 0 Å². The molecule has 1 aliphatic carbocycles. The minimum absolute atomic E-state index is 0.123. The summed E-state index contributed by atoms with van der Waals surface area (Å²) in [6.45, 7) is 0. The Labute approximate surface area is 76.3 Å². The Morgan fingerprint density at radius 2 is 1.82 bits per heavy atom. The fraction of sp³-hybridized carbons (Fsp3) is 0.429. The SMILES string of the molecule is FC(F)(F)C1=CC=C(I)CC1. The zero-order valence-electron chi connectivity index (χ0n) is 5.58. The molecule has 62 valence electrons. The van der Waals surface area contributed by atoms with Crippen molar-refractivity contribution in [3.63, 3.8) is 0 Å². The molecule has 0 saturated heterocycles. The highest BCUT2D eigenvalue weighted by atomic mass is 127. The molecule has 0 aliphatic heterocycles. The summed E-state index contributed by atoms with van der Waals surface area (Å²) in [5.41, 5.74) is -0.419. The summed E-state index contributed by atoms with van der Waals surface area (Å²) in [6.07, 6.45) is -0.809. The van der Waals surface area contributed by atoms with Crippen molar-refractivity contribution in [3.8, 4) is 0 Å². The predicted molar refractivity (Wildman–Crippen MR) is 45.5 cm³/mol. The molecule has 0 aromatic heterocycles. The lowest BCUT2D eigenvalue weighted by molar-refractivity contribution is -0.0940. The van der Waals surface area contributed by atoms with Gasteiger partial charge in [0.2, 0.25) is 0 Å². The third-order valence-corrected chi connectivity index (χ3v) is 2.36. The Kier molecular flexibility index (Phi) is 2.61. The van der Waals surface area contributed by atoms with Crippen LogP contribution in [0, 0.1) is 0 Å². The summed E-state index contributed by atoms with van der Waals surface area (Å²) in [5, 5.41) is 0. The van der Waals surface area contributed by atoms with Crippen molar-refractivity contribution in [2.75, 3.05) is 0 Å². The van der Waals surface area contributed by atoms with E-state index in [1.54, 1.807) is 0 Å². The molecule has 0 heterocycles. The van der Waals surface area contributed by atoms with Crippen molar-refractivity contribution in [2.45, 2.75) is 19.0 Å². The second kappa shape index (κ2) is 3.16. The lowest BCUT2D eigenvalue weighted by Crippen LogP contribution is -2.12. The van der Waals surface area contributed by atoms with Crippen molar-refractivity contribution < 1.29 is 13.2 Å². The van der Waals surface area contributed by atoms with Crippen molar-refractivity contribution >= 4 is 22.6 Å². The minimum atomic E-state index is -4.13. The molecule has 0 atom stereocenters. The van der Waals surface area contributed by atoms with Gasteiger partial charge in [-0.25, -0.2) is 0 Å². The van der Waals surface area contributed by atoms with Gasteiger partial charge in [-0.3, -0.25) is 0 Å². The van der Waals surface area contributed by atoms with E-state index in [0.29, 0.717) is 6.42 Å². The molecule has 0 unspecified atom stereocenters. The molecule has 0 nitrogen and oxygen atoms in total. The van der Waals surface area contributed by atoms with Crippen LogP contribution in [-0.2, 0) is 0 Å². The first-order valence-corrected chi connectivity index (χ1v) is 4.20. The Balaban J connectivity index is 2.77. The van der Waals surface area contributed by atoms with Gasteiger partial charge in [0.25, 0.3) is 0 Å². The van der Waals surface area contributed by atoms with Crippen LogP contribution in [0.4, 0.5) is 13.2 Å². The summed E-state index contributed by atoms with van der Waals surface area (Å²) < 4.78 is 36.9. The maximum Gasteiger partial charge on any atom is 0.412 e. The Hall–Kier alpha value is -0.000000000000000111. The van der Waals surface area contributed by atoms with E-state index in [-0.39, 0.29) is 6.42 Å². The van der Waals surface area contributed by atoms with E-state index in [0.717, 1.165) is 9.66 Å². The maximum atomic E-state index is 12.0. The van der Waals surface area contributed by atoms with E-state index in [9.17, 15) is 13.2 Å². The molecule has 0 radical (unpaired) electrons. The fourth-order valence-electron chi connectivity index (χ4n) is 0.848. The molecule has 0 saturated carbocycles. The molecule has 11 heavy (non-hydrogen) atoms. The van der Waals surface area contributed by atoms with E-state index < -0.39 is 11.7 Å². The Morgan fingerprint density at radius 1 is 1.18 bits per heavy atom. The summed E-state index contributed by atoms with van der Waals surface area (Å²) in [5.74, 6) is 0. The van der Waals surface area contributed by atoms with Crippen LogP contribution < -0.4 is 0 Å². The first kappa shape index (κ1) is 9.09. The highest BCUT2D eigenvalue weighted by molar-refractivity contribution is 14.1. The van der Waals surface area contributed by atoms with Crippen LogP contribution in [0.25, 0.3) is 0 Å². The summed E-state index contributed by atoms with van der Waals surface area (Å²) in [7, 11) is 0. The van der Waals surface area contributed by atoms with Gasteiger partial charge in [-0.2, -0.15) is 13.2 Å². The van der Waals surface area contributed by atoms with Crippen LogP contribution in [0.3, 0.4) is 0 Å². The standard InChI is InChI=1S/C7H6F3I/c8-7(9,10)5-1-3-6(11)4-2-5/h1,3H,2,4H2. The largest absolute Gasteiger partial charge is 0.412 e. The molecule has 1 rings (SSSR count). The third-order valence-electron chi connectivity index (χ3n) is 1.46. The number of hydrogen-bond acceptors (Lipinski definition) is 0. The van der Waals surface area contributed by atoms with Crippen LogP contribution in [0.1, 0.15) is 12.8 Å². The quantitative estimate of drug-likeness (QED) is 0.592. The first-order valence-electron chi connectivity index (χ1n) is 3.12. The summed E-state index contributed by atoms with van der Waals surface area (Å²) in [4.78, 5) is 0. The molecule has 1 aliphatic rings. The van der Waals surface area contributed by atoms with Gasteiger partial charge >= 0.3 is 6.18 Å². The van der Waals surface area contributed by atoms with Gasteiger partial charge in [-0.1, -0.05) is 12.2 Å². The third kappa shape index (κ3) is 2.50. The molecule has 4 heteroatoms. The lowest BCUT2D eigenvalue weighted by atomic mass is 10.1.